The van der Waals surface area contributed by atoms with Gasteiger partial charge in [0.05, 0.1) is 18.7 Å². The smallest absolute Gasteiger partial charge is 0.296 e. The maximum atomic E-state index is 14.1. The molecule has 2 fully saturated rings. The van der Waals surface area contributed by atoms with Crippen LogP contribution in [0.1, 0.15) is 12.2 Å². The second-order valence-electron chi connectivity index (χ2n) is 8.54. The first-order valence-electron chi connectivity index (χ1n) is 11.7. The zero-order valence-electron chi connectivity index (χ0n) is 19.8. The van der Waals surface area contributed by atoms with Gasteiger partial charge >= 0.3 is 0 Å². The van der Waals surface area contributed by atoms with Crippen LogP contribution >= 0.6 is 0 Å². The maximum absolute atomic E-state index is 14.1. The Morgan fingerprint density at radius 3 is 2.36 bits per heavy atom. The van der Waals surface area contributed by atoms with Crippen LogP contribution < -0.4 is 9.80 Å². The molecule has 0 radical (unpaired) electrons. The molecule has 36 heavy (non-hydrogen) atoms. The summed E-state index contributed by atoms with van der Waals surface area (Å²) in [5, 5.41) is 10.2. The Morgan fingerprint density at radius 1 is 1.06 bits per heavy atom. The monoisotopic (exact) mass is 503 g/mol. The molecule has 0 aliphatic carbocycles. The number of alkyl halides is 2. The van der Waals surface area contributed by atoms with Gasteiger partial charge in [-0.25, -0.2) is 13.8 Å². The Labute approximate surface area is 205 Å². The van der Waals surface area contributed by atoms with Crippen molar-refractivity contribution >= 4 is 28.6 Å². The number of amides is 1. The molecular weight excluding hydrogens is 476 g/mol. The number of piperazine rings is 1. The van der Waals surface area contributed by atoms with Crippen LogP contribution in [0.5, 0.6) is 5.75 Å². The predicted molar refractivity (Wildman–Crippen MR) is 127 cm³/mol. The lowest BCUT2D eigenvalue weighted by Crippen LogP contribution is -2.50. The number of hydrogen-bond donors (Lipinski definition) is 1. The highest BCUT2D eigenvalue weighted by Crippen LogP contribution is 2.32. The van der Waals surface area contributed by atoms with Gasteiger partial charge in [0.2, 0.25) is 11.9 Å². The third kappa shape index (κ3) is 4.63. The molecule has 2 aliphatic heterocycles. The van der Waals surface area contributed by atoms with Crippen LogP contribution in [0.15, 0.2) is 24.3 Å². The van der Waals surface area contributed by atoms with E-state index >= 15 is 0 Å². The van der Waals surface area contributed by atoms with Gasteiger partial charge in [0.15, 0.2) is 5.82 Å². The van der Waals surface area contributed by atoms with E-state index in [4.69, 9.17) is 9.47 Å². The Morgan fingerprint density at radius 2 is 1.72 bits per heavy atom. The van der Waals surface area contributed by atoms with Crippen LogP contribution in [0, 0.1) is 0 Å². The van der Waals surface area contributed by atoms with Crippen LogP contribution in [-0.2, 0) is 14.3 Å². The van der Waals surface area contributed by atoms with E-state index in [1.807, 2.05) is 15.9 Å². The molecule has 4 heterocycles. The van der Waals surface area contributed by atoms with E-state index in [-0.39, 0.29) is 35.2 Å². The lowest BCUT2D eigenvalue weighted by molar-refractivity contribution is -0.135. The van der Waals surface area contributed by atoms with Crippen molar-refractivity contribution in [3.8, 4) is 11.7 Å². The molecule has 0 unspecified atom stereocenters. The average molecular weight is 504 g/mol. The van der Waals surface area contributed by atoms with Gasteiger partial charge in [0.25, 0.3) is 6.43 Å². The summed E-state index contributed by atoms with van der Waals surface area (Å²) in [6.07, 6.45) is -2.91. The highest BCUT2D eigenvalue weighted by Gasteiger charge is 2.27. The summed E-state index contributed by atoms with van der Waals surface area (Å²) in [6, 6.07) is 6.39. The van der Waals surface area contributed by atoms with E-state index in [0.29, 0.717) is 64.1 Å². The largest absolute Gasteiger partial charge is 0.506 e. The Kier molecular flexibility index (Phi) is 6.83. The number of benzene rings is 1. The van der Waals surface area contributed by atoms with Crippen molar-refractivity contribution in [1.29, 1.82) is 0 Å². The number of imidazole rings is 1. The molecule has 192 valence electrons. The Hall–Kier alpha value is -3.58. The van der Waals surface area contributed by atoms with Crippen molar-refractivity contribution < 1.29 is 28.2 Å². The van der Waals surface area contributed by atoms with E-state index in [9.17, 15) is 18.7 Å². The van der Waals surface area contributed by atoms with Gasteiger partial charge in [0.1, 0.15) is 29.5 Å². The number of phenols is 1. The maximum Gasteiger partial charge on any atom is 0.296 e. The number of nitrogens with zero attached hydrogens (tertiary/aromatic N) is 7. The van der Waals surface area contributed by atoms with Gasteiger partial charge < -0.3 is 29.3 Å². The summed E-state index contributed by atoms with van der Waals surface area (Å²) in [5.41, 5.74) is 0.338. The lowest BCUT2D eigenvalue weighted by Gasteiger charge is -2.36. The molecule has 1 aromatic carbocycles. The van der Waals surface area contributed by atoms with Gasteiger partial charge in [-0.2, -0.15) is 9.97 Å². The third-order valence-electron chi connectivity index (χ3n) is 6.33. The normalized spacial score (nSPS) is 16.8. The molecular formula is C23H27F2N7O4. The predicted octanol–water partition coefficient (Wildman–Crippen LogP) is 1.59. The van der Waals surface area contributed by atoms with Crippen LogP contribution in [-0.4, -0.2) is 102 Å². The standard InChI is InChI=1S/C23H27F2N7O4/c1-35-14-19(34)31-7-5-29(6-8-31)17-13-18(30-9-11-36-12-10-30)27-23(26-17)32-15-3-2-4-16(33)20(15)28-22(32)21(24)25/h2-4,13,21,33H,5-12,14H2,1H3. The van der Waals surface area contributed by atoms with Crippen molar-refractivity contribution in [2.24, 2.45) is 0 Å². The lowest BCUT2D eigenvalue weighted by atomic mass is 10.3. The third-order valence-corrected chi connectivity index (χ3v) is 6.33. The number of para-hydroxylation sites is 1. The topological polar surface area (TPSA) is 109 Å². The van der Waals surface area contributed by atoms with E-state index in [1.165, 1.54) is 17.7 Å². The van der Waals surface area contributed by atoms with Gasteiger partial charge in [0, 0.05) is 52.4 Å². The number of ether oxygens (including phenoxy) is 2. The Bertz CT molecular complexity index is 1240. The molecule has 3 aromatic rings. The first kappa shape index (κ1) is 24.1. The molecule has 11 nitrogen and oxygen atoms in total. The minimum Gasteiger partial charge on any atom is -0.506 e. The highest BCUT2D eigenvalue weighted by molar-refractivity contribution is 5.83. The zero-order valence-corrected chi connectivity index (χ0v) is 19.8. The number of rotatable bonds is 6. The van der Waals surface area contributed by atoms with E-state index < -0.39 is 12.2 Å². The average Bonchev–Trinajstić information content (AvgIpc) is 3.31. The van der Waals surface area contributed by atoms with Crippen LogP contribution in [0.2, 0.25) is 0 Å². The number of methoxy groups -OCH3 is 1. The molecule has 1 amide bonds. The van der Waals surface area contributed by atoms with E-state index in [1.54, 1.807) is 17.0 Å². The minimum absolute atomic E-state index is 0.0236. The number of aromatic nitrogens is 4. The molecule has 0 atom stereocenters. The van der Waals surface area contributed by atoms with Crippen LogP contribution in [0.3, 0.4) is 0 Å². The van der Waals surface area contributed by atoms with Gasteiger partial charge in [-0.15, -0.1) is 0 Å². The molecule has 0 spiro atoms. The molecule has 0 bridgehead atoms. The zero-order chi connectivity index (χ0) is 25.2. The molecule has 0 saturated carbocycles. The highest BCUT2D eigenvalue weighted by atomic mass is 19.3. The van der Waals surface area contributed by atoms with Crippen LogP contribution in [0.4, 0.5) is 20.4 Å². The summed E-state index contributed by atoms with van der Waals surface area (Å²) in [6.45, 7) is 4.28. The first-order valence-corrected chi connectivity index (χ1v) is 11.7. The van der Waals surface area contributed by atoms with Crippen molar-refractivity contribution in [2.45, 2.75) is 6.43 Å². The number of phenolic OH excluding ortho intramolecular Hbond substituents is 1. The van der Waals surface area contributed by atoms with Gasteiger partial charge in [-0.3, -0.25) is 9.36 Å². The fourth-order valence-electron chi connectivity index (χ4n) is 4.49. The Balaban J connectivity index is 1.57. The van der Waals surface area contributed by atoms with Crippen molar-refractivity contribution in [3.05, 3.63) is 30.1 Å². The van der Waals surface area contributed by atoms with Gasteiger partial charge in [-0.05, 0) is 12.1 Å². The summed E-state index contributed by atoms with van der Waals surface area (Å²) >= 11 is 0. The summed E-state index contributed by atoms with van der Waals surface area (Å²) in [7, 11) is 1.48. The summed E-state index contributed by atoms with van der Waals surface area (Å²) in [5.74, 6) is 0.346. The molecule has 1 N–H and O–H groups in total. The van der Waals surface area contributed by atoms with Crippen molar-refractivity contribution in [3.63, 3.8) is 0 Å². The van der Waals surface area contributed by atoms with Crippen molar-refractivity contribution in [2.75, 3.05) is 76.0 Å². The minimum atomic E-state index is -2.91. The van der Waals surface area contributed by atoms with Crippen LogP contribution in [0.25, 0.3) is 17.0 Å². The number of morpholine rings is 1. The second kappa shape index (κ2) is 10.2. The molecule has 2 saturated heterocycles. The molecule has 2 aliphatic rings. The number of anilines is 2. The number of carbonyl (C=O) groups is 1. The first-order chi connectivity index (χ1) is 17.5. The number of halogens is 2. The number of aromatic hydroxyl groups is 1. The van der Waals surface area contributed by atoms with E-state index in [0.717, 1.165) is 0 Å². The number of hydrogen-bond acceptors (Lipinski definition) is 9. The fraction of sp³-hybridized carbons (Fsp3) is 0.478. The fourth-order valence-corrected chi connectivity index (χ4v) is 4.49. The second-order valence-corrected chi connectivity index (χ2v) is 8.54. The van der Waals surface area contributed by atoms with Gasteiger partial charge in [-0.1, -0.05) is 6.07 Å². The van der Waals surface area contributed by atoms with E-state index in [2.05, 4.69) is 15.0 Å². The summed E-state index contributed by atoms with van der Waals surface area (Å²) in [4.78, 5) is 31.3. The quantitative estimate of drug-likeness (QED) is 0.536. The summed E-state index contributed by atoms with van der Waals surface area (Å²) < 4.78 is 39.8. The van der Waals surface area contributed by atoms with Crippen molar-refractivity contribution in [1.82, 2.24) is 24.4 Å². The molecule has 13 heteroatoms. The molecule has 5 rings (SSSR count). The number of carbonyl (C=O) groups excluding carboxylic acids is 1. The molecule has 2 aromatic heterocycles. The SMILES string of the molecule is COCC(=O)N1CCN(c2cc(N3CCOCC3)nc(-n3c(C(F)F)nc4c(O)cccc43)n2)CC1. The number of fused-ring (bicyclic) bond motifs is 1.